The first-order valence-electron chi connectivity index (χ1n) is 8.86. The minimum absolute atomic E-state index is 0.134. The third kappa shape index (κ3) is 3.34. The van der Waals surface area contributed by atoms with Gasteiger partial charge in [0, 0.05) is 16.8 Å². The molecule has 0 fully saturated rings. The van der Waals surface area contributed by atoms with Crippen LogP contribution in [0.2, 0.25) is 0 Å². The van der Waals surface area contributed by atoms with Crippen molar-refractivity contribution in [3.05, 3.63) is 82.9 Å². The molecule has 0 saturated carbocycles. The Kier molecular flexibility index (Phi) is 4.24. The number of rotatable bonds is 3. The van der Waals surface area contributed by atoms with Crippen LogP contribution < -0.4 is 5.32 Å². The Morgan fingerprint density at radius 2 is 1.70 bits per heavy atom. The van der Waals surface area contributed by atoms with Gasteiger partial charge in [0.1, 0.15) is 5.52 Å². The minimum atomic E-state index is -0.134. The third-order valence-electron chi connectivity index (χ3n) is 4.79. The highest BCUT2D eigenvalue weighted by molar-refractivity contribution is 6.05. The van der Waals surface area contributed by atoms with Crippen molar-refractivity contribution in [3.63, 3.8) is 0 Å². The molecule has 4 rings (SSSR count). The molecular formula is C23H20N2O2. The van der Waals surface area contributed by atoms with Crippen LogP contribution in [0.4, 0.5) is 5.69 Å². The van der Waals surface area contributed by atoms with E-state index >= 15 is 0 Å². The molecule has 4 nitrogen and oxygen atoms in total. The molecule has 27 heavy (non-hydrogen) atoms. The molecule has 4 heteroatoms. The van der Waals surface area contributed by atoms with E-state index in [9.17, 15) is 4.79 Å². The number of hydrogen-bond acceptors (Lipinski definition) is 3. The van der Waals surface area contributed by atoms with E-state index in [2.05, 4.69) is 36.3 Å². The second kappa shape index (κ2) is 6.72. The van der Waals surface area contributed by atoms with E-state index in [0.29, 0.717) is 28.2 Å². The molecule has 1 heterocycles. The molecule has 0 radical (unpaired) electrons. The van der Waals surface area contributed by atoms with Crippen molar-refractivity contribution in [1.29, 1.82) is 0 Å². The van der Waals surface area contributed by atoms with Crippen LogP contribution >= 0.6 is 0 Å². The van der Waals surface area contributed by atoms with Crippen molar-refractivity contribution in [2.75, 3.05) is 5.32 Å². The van der Waals surface area contributed by atoms with E-state index in [0.717, 1.165) is 11.1 Å². The molecule has 0 bridgehead atoms. The Balaban J connectivity index is 1.64. The van der Waals surface area contributed by atoms with Gasteiger partial charge in [0.05, 0.1) is 0 Å². The Bertz CT molecular complexity index is 1160. The number of fused-ring (bicyclic) bond motifs is 1. The lowest BCUT2D eigenvalue weighted by Crippen LogP contribution is -2.13. The van der Waals surface area contributed by atoms with Crippen LogP contribution in [0.25, 0.3) is 22.6 Å². The van der Waals surface area contributed by atoms with Crippen molar-refractivity contribution in [1.82, 2.24) is 4.98 Å². The van der Waals surface area contributed by atoms with E-state index in [1.807, 2.05) is 55.5 Å². The fourth-order valence-electron chi connectivity index (χ4n) is 3.03. The van der Waals surface area contributed by atoms with Crippen LogP contribution in [0.3, 0.4) is 0 Å². The average molecular weight is 356 g/mol. The monoisotopic (exact) mass is 356 g/mol. The SMILES string of the molecule is Cc1ccc(-c2nc3cc(NC(=O)c4ccccc4C)ccc3o2)cc1C. The standard InChI is InChI=1S/C23H20N2O2/c1-14-8-9-17(12-16(14)3)23-25-20-13-18(10-11-21(20)27-23)24-22(26)19-7-5-4-6-15(19)2/h4-13H,1-3H3,(H,24,26). The molecule has 1 amide bonds. The van der Waals surface area contributed by atoms with Crippen molar-refractivity contribution >= 4 is 22.7 Å². The van der Waals surface area contributed by atoms with E-state index in [-0.39, 0.29) is 5.91 Å². The van der Waals surface area contributed by atoms with Crippen molar-refractivity contribution in [2.45, 2.75) is 20.8 Å². The summed E-state index contributed by atoms with van der Waals surface area (Å²) in [4.78, 5) is 17.1. The van der Waals surface area contributed by atoms with Gasteiger partial charge in [-0.3, -0.25) is 4.79 Å². The van der Waals surface area contributed by atoms with E-state index in [1.165, 1.54) is 11.1 Å². The Labute approximate surface area is 157 Å². The number of anilines is 1. The first-order chi connectivity index (χ1) is 13.0. The van der Waals surface area contributed by atoms with Gasteiger partial charge in [0.25, 0.3) is 5.91 Å². The van der Waals surface area contributed by atoms with Crippen LogP contribution in [0.1, 0.15) is 27.0 Å². The van der Waals surface area contributed by atoms with Crippen molar-refractivity contribution in [3.8, 4) is 11.5 Å². The van der Waals surface area contributed by atoms with Gasteiger partial charge < -0.3 is 9.73 Å². The molecule has 0 aliphatic rings. The van der Waals surface area contributed by atoms with Crippen LogP contribution in [0.5, 0.6) is 0 Å². The summed E-state index contributed by atoms with van der Waals surface area (Å²) in [5.74, 6) is 0.445. The summed E-state index contributed by atoms with van der Waals surface area (Å²) in [7, 11) is 0. The number of benzene rings is 3. The summed E-state index contributed by atoms with van der Waals surface area (Å²) in [6, 6.07) is 19.2. The molecule has 3 aromatic carbocycles. The van der Waals surface area contributed by atoms with Crippen molar-refractivity contribution in [2.24, 2.45) is 0 Å². The highest BCUT2D eigenvalue weighted by Crippen LogP contribution is 2.27. The predicted octanol–water partition coefficient (Wildman–Crippen LogP) is 5.67. The normalized spacial score (nSPS) is 10.9. The van der Waals surface area contributed by atoms with Gasteiger partial charge in [0.15, 0.2) is 5.58 Å². The lowest BCUT2D eigenvalue weighted by Gasteiger charge is -2.07. The van der Waals surface area contributed by atoms with Gasteiger partial charge in [-0.2, -0.15) is 0 Å². The summed E-state index contributed by atoms with van der Waals surface area (Å²) in [5, 5.41) is 2.94. The molecule has 134 valence electrons. The summed E-state index contributed by atoms with van der Waals surface area (Å²) in [5.41, 5.74) is 7.07. The second-order valence-corrected chi connectivity index (χ2v) is 6.77. The van der Waals surface area contributed by atoms with Gasteiger partial charge in [0.2, 0.25) is 5.89 Å². The van der Waals surface area contributed by atoms with Crippen LogP contribution in [-0.2, 0) is 0 Å². The number of hydrogen-bond donors (Lipinski definition) is 1. The molecule has 1 N–H and O–H groups in total. The first kappa shape index (κ1) is 17.0. The number of amides is 1. The van der Waals surface area contributed by atoms with E-state index < -0.39 is 0 Å². The first-order valence-corrected chi connectivity index (χ1v) is 8.86. The Morgan fingerprint density at radius 3 is 2.48 bits per heavy atom. The quantitative estimate of drug-likeness (QED) is 0.514. The maximum absolute atomic E-state index is 12.5. The fourth-order valence-corrected chi connectivity index (χ4v) is 3.03. The van der Waals surface area contributed by atoms with Gasteiger partial charge in [-0.25, -0.2) is 4.98 Å². The lowest BCUT2D eigenvalue weighted by molar-refractivity contribution is 0.102. The topological polar surface area (TPSA) is 55.1 Å². The third-order valence-corrected chi connectivity index (χ3v) is 4.79. The number of oxazole rings is 1. The number of carbonyl (C=O) groups excluding carboxylic acids is 1. The number of nitrogens with one attached hydrogen (secondary N) is 1. The summed E-state index contributed by atoms with van der Waals surface area (Å²) < 4.78 is 5.89. The van der Waals surface area contributed by atoms with Crippen molar-refractivity contribution < 1.29 is 9.21 Å². The summed E-state index contributed by atoms with van der Waals surface area (Å²) in [6.45, 7) is 6.07. The highest BCUT2D eigenvalue weighted by Gasteiger charge is 2.12. The zero-order valence-corrected chi connectivity index (χ0v) is 15.5. The second-order valence-electron chi connectivity index (χ2n) is 6.77. The molecule has 0 atom stereocenters. The van der Waals surface area contributed by atoms with Crippen LogP contribution in [0, 0.1) is 20.8 Å². The zero-order valence-electron chi connectivity index (χ0n) is 15.5. The maximum atomic E-state index is 12.5. The average Bonchev–Trinajstić information content (AvgIpc) is 3.07. The molecule has 1 aromatic heterocycles. The molecule has 4 aromatic rings. The van der Waals surface area contributed by atoms with Gasteiger partial charge in [-0.05, 0) is 73.9 Å². The highest BCUT2D eigenvalue weighted by atomic mass is 16.3. The largest absolute Gasteiger partial charge is 0.436 e. The minimum Gasteiger partial charge on any atom is -0.436 e. The van der Waals surface area contributed by atoms with Gasteiger partial charge in [-0.15, -0.1) is 0 Å². The molecule has 0 unspecified atom stereocenters. The van der Waals surface area contributed by atoms with E-state index in [1.54, 1.807) is 0 Å². The maximum Gasteiger partial charge on any atom is 0.255 e. The number of nitrogens with zero attached hydrogens (tertiary/aromatic N) is 1. The molecule has 0 saturated heterocycles. The Morgan fingerprint density at radius 1 is 0.889 bits per heavy atom. The summed E-state index contributed by atoms with van der Waals surface area (Å²) in [6.07, 6.45) is 0. The van der Waals surface area contributed by atoms with E-state index in [4.69, 9.17) is 4.42 Å². The molecule has 0 aliphatic heterocycles. The number of aromatic nitrogens is 1. The smallest absolute Gasteiger partial charge is 0.255 e. The predicted molar refractivity (Wildman–Crippen MR) is 108 cm³/mol. The van der Waals surface area contributed by atoms with Gasteiger partial charge >= 0.3 is 0 Å². The Hall–Kier alpha value is -3.40. The van der Waals surface area contributed by atoms with Crippen LogP contribution in [0.15, 0.2) is 65.1 Å². The van der Waals surface area contributed by atoms with Gasteiger partial charge in [-0.1, -0.05) is 24.3 Å². The lowest BCUT2D eigenvalue weighted by atomic mass is 10.1. The molecular weight excluding hydrogens is 336 g/mol. The summed E-state index contributed by atoms with van der Waals surface area (Å²) >= 11 is 0. The zero-order chi connectivity index (χ0) is 19.0. The molecule has 0 spiro atoms. The molecule has 0 aliphatic carbocycles. The number of aryl methyl sites for hydroxylation is 3. The number of carbonyl (C=O) groups is 1. The van der Waals surface area contributed by atoms with Crippen LogP contribution in [-0.4, -0.2) is 10.9 Å². The fraction of sp³-hybridized carbons (Fsp3) is 0.130.